The van der Waals surface area contributed by atoms with Gasteiger partial charge in [-0.2, -0.15) is 0 Å². The van der Waals surface area contributed by atoms with Crippen molar-refractivity contribution in [2.45, 2.75) is 45.6 Å². The first-order valence-corrected chi connectivity index (χ1v) is 7.13. The van der Waals surface area contributed by atoms with Crippen molar-refractivity contribution < 1.29 is 9.53 Å². The average Bonchev–Trinajstić information content (AvgIpc) is 2.29. The van der Waals surface area contributed by atoms with Gasteiger partial charge in [0.2, 0.25) is 5.91 Å². The number of nitrogens with zero attached hydrogens (tertiary/aromatic N) is 1. The Kier molecular flexibility index (Phi) is 10.0. The van der Waals surface area contributed by atoms with Gasteiger partial charge in [-0.15, -0.1) is 0 Å². The summed E-state index contributed by atoms with van der Waals surface area (Å²) in [5.74, 6) is 0.257. The molecule has 1 atom stereocenters. The van der Waals surface area contributed by atoms with Crippen LogP contribution in [0.3, 0.4) is 0 Å². The summed E-state index contributed by atoms with van der Waals surface area (Å²) in [4.78, 5) is 13.9. The predicted octanol–water partition coefficient (Wildman–Crippen LogP) is 2.83. The summed E-state index contributed by atoms with van der Waals surface area (Å²) >= 11 is 3.38. The second-order valence-corrected chi connectivity index (χ2v) is 4.78. The molecule has 0 aromatic heterocycles. The smallest absolute Gasteiger partial charge is 0.222 e. The third-order valence-electron chi connectivity index (χ3n) is 2.75. The third-order valence-corrected chi connectivity index (χ3v) is 3.31. The van der Waals surface area contributed by atoms with Crippen molar-refractivity contribution in [2.75, 3.05) is 25.6 Å². The van der Waals surface area contributed by atoms with Crippen molar-refractivity contribution in [2.24, 2.45) is 0 Å². The molecule has 16 heavy (non-hydrogen) atoms. The predicted molar refractivity (Wildman–Crippen MR) is 71.0 cm³/mol. The van der Waals surface area contributed by atoms with Crippen LogP contribution in [0.2, 0.25) is 0 Å². The molecular weight excluding hydrogens is 270 g/mol. The van der Waals surface area contributed by atoms with Gasteiger partial charge in [0.1, 0.15) is 0 Å². The van der Waals surface area contributed by atoms with Crippen LogP contribution in [0.15, 0.2) is 0 Å². The SMILES string of the molecule is CCC(C)N(CCOC)C(=O)CCCCBr. The van der Waals surface area contributed by atoms with Crippen molar-refractivity contribution in [3.05, 3.63) is 0 Å². The molecule has 0 saturated carbocycles. The van der Waals surface area contributed by atoms with Gasteiger partial charge < -0.3 is 9.64 Å². The molecule has 0 radical (unpaired) electrons. The maximum atomic E-state index is 12.0. The van der Waals surface area contributed by atoms with E-state index in [1.807, 2.05) is 4.90 Å². The topological polar surface area (TPSA) is 29.5 Å². The quantitative estimate of drug-likeness (QED) is 0.483. The van der Waals surface area contributed by atoms with Gasteiger partial charge in [0.25, 0.3) is 0 Å². The highest BCUT2D eigenvalue weighted by molar-refractivity contribution is 9.09. The van der Waals surface area contributed by atoms with Gasteiger partial charge >= 0.3 is 0 Å². The minimum absolute atomic E-state index is 0.257. The maximum Gasteiger partial charge on any atom is 0.222 e. The molecule has 1 amide bonds. The zero-order valence-electron chi connectivity index (χ0n) is 10.7. The molecule has 0 aliphatic heterocycles. The molecule has 0 rings (SSSR count). The molecule has 96 valence electrons. The van der Waals surface area contributed by atoms with Crippen molar-refractivity contribution in [3.8, 4) is 0 Å². The third kappa shape index (κ3) is 6.48. The fourth-order valence-electron chi connectivity index (χ4n) is 1.52. The first kappa shape index (κ1) is 15.9. The lowest BCUT2D eigenvalue weighted by atomic mass is 10.1. The Morgan fingerprint density at radius 2 is 2.12 bits per heavy atom. The number of methoxy groups -OCH3 is 1. The number of ether oxygens (including phenoxy) is 1. The minimum Gasteiger partial charge on any atom is -0.383 e. The van der Waals surface area contributed by atoms with Crippen LogP contribution >= 0.6 is 15.9 Å². The molecule has 0 fully saturated rings. The molecule has 0 heterocycles. The van der Waals surface area contributed by atoms with Gasteiger partial charge in [0, 0.05) is 31.4 Å². The normalized spacial score (nSPS) is 12.5. The lowest BCUT2D eigenvalue weighted by Gasteiger charge is -2.28. The Morgan fingerprint density at radius 1 is 1.44 bits per heavy atom. The molecule has 0 aliphatic carbocycles. The molecule has 3 nitrogen and oxygen atoms in total. The number of hydrogen-bond acceptors (Lipinski definition) is 2. The Bertz CT molecular complexity index is 188. The van der Waals surface area contributed by atoms with Crippen molar-refractivity contribution in [3.63, 3.8) is 0 Å². The molecule has 0 spiro atoms. The largest absolute Gasteiger partial charge is 0.383 e. The zero-order valence-corrected chi connectivity index (χ0v) is 12.3. The number of halogens is 1. The summed E-state index contributed by atoms with van der Waals surface area (Å²) < 4.78 is 5.04. The number of alkyl halides is 1. The van der Waals surface area contributed by atoms with Gasteiger partial charge in [-0.3, -0.25) is 4.79 Å². The number of rotatable bonds is 9. The Labute approximate surface area is 108 Å². The Balaban J connectivity index is 4.09. The van der Waals surface area contributed by atoms with E-state index in [0.29, 0.717) is 25.6 Å². The van der Waals surface area contributed by atoms with Crippen LogP contribution in [0, 0.1) is 0 Å². The van der Waals surface area contributed by atoms with Gasteiger partial charge in [0.05, 0.1) is 6.61 Å². The fraction of sp³-hybridized carbons (Fsp3) is 0.917. The number of amides is 1. The maximum absolute atomic E-state index is 12.0. The molecule has 0 N–H and O–H groups in total. The van der Waals surface area contributed by atoms with E-state index in [-0.39, 0.29) is 5.91 Å². The summed E-state index contributed by atoms with van der Waals surface area (Å²) in [6, 6.07) is 0.312. The van der Waals surface area contributed by atoms with Gasteiger partial charge in [0.15, 0.2) is 0 Å². The highest BCUT2D eigenvalue weighted by Crippen LogP contribution is 2.08. The van der Waals surface area contributed by atoms with Crippen molar-refractivity contribution in [1.29, 1.82) is 0 Å². The van der Waals surface area contributed by atoms with E-state index in [1.54, 1.807) is 7.11 Å². The molecule has 0 aromatic rings. The van der Waals surface area contributed by atoms with Crippen molar-refractivity contribution in [1.82, 2.24) is 4.90 Å². The monoisotopic (exact) mass is 293 g/mol. The molecule has 0 aliphatic rings. The molecular formula is C12H24BrNO2. The summed E-state index contributed by atoms with van der Waals surface area (Å²) in [6.07, 6.45) is 3.67. The number of carbonyl (C=O) groups is 1. The van der Waals surface area contributed by atoms with Crippen LogP contribution in [0.4, 0.5) is 0 Å². The van der Waals surface area contributed by atoms with Gasteiger partial charge in [-0.1, -0.05) is 22.9 Å². The molecule has 0 bridgehead atoms. The van der Waals surface area contributed by atoms with Crippen molar-refractivity contribution >= 4 is 21.8 Å². The lowest BCUT2D eigenvalue weighted by Crippen LogP contribution is -2.40. The second kappa shape index (κ2) is 10.1. The van der Waals surface area contributed by atoms with Gasteiger partial charge in [-0.25, -0.2) is 0 Å². The molecule has 4 heteroatoms. The van der Waals surface area contributed by atoms with E-state index in [4.69, 9.17) is 4.74 Å². The number of carbonyl (C=O) groups excluding carboxylic acids is 1. The van der Waals surface area contributed by atoms with E-state index >= 15 is 0 Å². The Hall–Kier alpha value is -0.0900. The minimum atomic E-state index is 0.257. The van der Waals surface area contributed by atoms with E-state index in [1.165, 1.54) is 0 Å². The number of hydrogen-bond donors (Lipinski definition) is 0. The summed E-state index contributed by atoms with van der Waals surface area (Å²) in [7, 11) is 1.67. The van der Waals surface area contributed by atoms with Crippen LogP contribution in [0.5, 0.6) is 0 Å². The highest BCUT2D eigenvalue weighted by Gasteiger charge is 2.17. The highest BCUT2D eigenvalue weighted by atomic mass is 79.9. The van der Waals surface area contributed by atoms with Crippen LogP contribution in [0.1, 0.15) is 39.5 Å². The molecule has 0 saturated heterocycles. The van der Waals surface area contributed by atoms with E-state index in [0.717, 1.165) is 24.6 Å². The van der Waals surface area contributed by atoms with E-state index in [2.05, 4.69) is 29.8 Å². The second-order valence-electron chi connectivity index (χ2n) is 3.98. The van der Waals surface area contributed by atoms with Crippen LogP contribution in [-0.2, 0) is 9.53 Å². The molecule has 0 aromatic carbocycles. The lowest BCUT2D eigenvalue weighted by molar-refractivity contribution is -0.134. The standard InChI is InChI=1S/C12H24BrNO2/c1-4-11(2)14(9-10-16-3)12(15)7-5-6-8-13/h11H,4-10H2,1-3H3. The number of unbranched alkanes of at least 4 members (excludes halogenated alkanes) is 1. The van der Waals surface area contributed by atoms with E-state index < -0.39 is 0 Å². The average molecular weight is 294 g/mol. The van der Waals surface area contributed by atoms with E-state index in [9.17, 15) is 4.79 Å². The van der Waals surface area contributed by atoms with Crippen LogP contribution in [-0.4, -0.2) is 42.4 Å². The summed E-state index contributed by atoms with van der Waals surface area (Å²) in [5.41, 5.74) is 0. The Morgan fingerprint density at radius 3 is 2.62 bits per heavy atom. The summed E-state index contributed by atoms with van der Waals surface area (Å²) in [6.45, 7) is 5.53. The summed E-state index contributed by atoms with van der Waals surface area (Å²) in [5, 5.41) is 0.974. The van der Waals surface area contributed by atoms with Crippen LogP contribution < -0.4 is 0 Å². The fourth-order valence-corrected chi connectivity index (χ4v) is 1.91. The first-order valence-electron chi connectivity index (χ1n) is 6.01. The van der Waals surface area contributed by atoms with Gasteiger partial charge in [-0.05, 0) is 26.2 Å². The zero-order chi connectivity index (χ0) is 12.4. The van der Waals surface area contributed by atoms with Crippen LogP contribution in [0.25, 0.3) is 0 Å². The molecule has 1 unspecified atom stereocenters. The first-order chi connectivity index (χ1) is 7.67.